The third-order valence-electron chi connectivity index (χ3n) is 5.27. The summed E-state index contributed by atoms with van der Waals surface area (Å²) >= 11 is 6.01. The summed E-state index contributed by atoms with van der Waals surface area (Å²) in [7, 11) is 0. The summed E-state index contributed by atoms with van der Waals surface area (Å²) in [6.45, 7) is 4.13. The van der Waals surface area contributed by atoms with Crippen molar-refractivity contribution in [2.24, 2.45) is 0 Å². The number of aryl methyl sites for hydroxylation is 1. The average Bonchev–Trinajstić information content (AvgIpc) is 3.42. The van der Waals surface area contributed by atoms with E-state index in [4.69, 9.17) is 25.8 Å². The van der Waals surface area contributed by atoms with Crippen LogP contribution in [0, 0.1) is 0 Å². The SMILES string of the molecule is CC(=O)Nc1ccc(OC[C@]2(C)CO[C@](CCc3ccc(Cl)cc3)(n3ccnc3)O2)cc1. The summed E-state index contributed by atoms with van der Waals surface area (Å²) in [6.07, 6.45) is 6.60. The molecule has 1 amide bonds. The normalized spacial score (nSPS) is 22.6. The van der Waals surface area contributed by atoms with E-state index in [2.05, 4.69) is 10.3 Å². The summed E-state index contributed by atoms with van der Waals surface area (Å²) in [5.74, 6) is -0.397. The number of benzene rings is 2. The predicted molar refractivity (Wildman–Crippen MR) is 122 cm³/mol. The van der Waals surface area contributed by atoms with E-state index >= 15 is 0 Å². The molecule has 2 atom stereocenters. The van der Waals surface area contributed by atoms with Crippen LogP contribution in [0.3, 0.4) is 0 Å². The second kappa shape index (κ2) is 9.32. The largest absolute Gasteiger partial charge is 0.490 e. The van der Waals surface area contributed by atoms with Crippen LogP contribution in [0.2, 0.25) is 5.02 Å². The maximum atomic E-state index is 11.2. The van der Waals surface area contributed by atoms with E-state index in [1.54, 1.807) is 24.7 Å². The smallest absolute Gasteiger partial charge is 0.257 e. The Kier molecular flexibility index (Phi) is 6.50. The van der Waals surface area contributed by atoms with Gasteiger partial charge in [-0.15, -0.1) is 0 Å². The van der Waals surface area contributed by atoms with Crippen LogP contribution in [0.4, 0.5) is 5.69 Å². The van der Waals surface area contributed by atoms with Crippen molar-refractivity contribution in [3.8, 4) is 5.75 Å². The Morgan fingerprint density at radius 3 is 2.62 bits per heavy atom. The number of carbonyl (C=O) groups is 1. The van der Waals surface area contributed by atoms with Crippen LogP contribution in [0.1, 0.15) is 25.8 Å². The van der Waals surface area contributed by atoms with E-state index in [9.17, 15) is 4.79 Å². The first-order chi connectivity index (χ1) is 15.4. The van der Waals surface area contributed by atoms with Gasteiger partial charge >= 0.3 is 0 Å². The summed E-state index contributed by atoms with van der Waals surface area (Å²) in [6, 6.07) is 15.0. The Bertz CT molecular complexity index is 1040. The van der Waals surface area contributed by atoms with Gasteiger partial charge in [0.05, 0.1) is 12.9 Å². The van der Waals surface area contributed by atoms with Crippen molar-refractivity contribution in [2.75, 3.05) is 18.5 Å². The van der Waals surface area contributed by atoms with Crippen molar-refractivity contribution in [3.05, 3.63) is 77.8 Å². The van der Waals surface area contributed by atoms with Crippen LogP contribution < -0.4 is 10.1 Å². The van der Waals surface area contributed by atoms with Gasteiger partial charge in [-0.3, -0.25) is 9.36 Å². The van der Waals surface area contributed by atoms with Crippen LogP contribution in [0.5, 0.6) is 5.75 Å². The first kappa shape index (κ1) is 22.3. The van der Waals surface area contributed by atoms with Crippen LogP contribution in [0.15, 0.2) is 67.3 Å². The number of carbonyl (C=O) groups excluding carboxylic acids is 1. The molecular weight excluding hydrogens is 430 g/mol. The lowest BCUT2D eigenvalue weighted by molar-refractivity contribution is -0.252. The lowest BCUT2D eigenvalue weighted by Crippen LogP contribution is -2.41. The van der Waals surface area contributed by atoms with E-state index in [0.29, 0.717) is 30.4 Å². The van der Waals surface area contributed by atoms with Crippen molar-refractivity contribution in [2.45, 2.75) is 38.2 Å². The van der Waals surface area contributed by atoms with Gasteiger partial charge in [-0.05, 0) is 55.3 Å². The number of nitrogens with zero attached hydrogens (tertiary/aromatic N) is 2. The second-order valence-electron chi connectivity index (χ2n) is 8.14. The topological polar surface area (TPSA) is 74.6 Å². The molecule has 1 fully saturated rings. The molecule has 1 saturated heterocycles. The highest BCUT2D eigenvalue weighted by molar-refractivity contribution is 6.30. The third-order valence-corrected chi connectivity index (χ3v) is 5.52. The first-order valence-corrected chi connectivity index (χ1v) is 10.8. The average molecular weight is 456 g/mol. The van der Waals surface area contributed by atoms with E-state index < -0.39 is 11.5 Å². The minimum Gasteiger partial charge on any atom is -0.490 e. The van der Waals surface area contributed by atoms with Gasteiger partial charge in [0.2, 0.25) is 5.91 Å². The number of rotatable bonds is 8. The number of nitrogens with one attached hydrogen (secondary N) is 1. The van der Waals surface area contributed by atoms with Crippen LogP contribution in [0.25, 0.3) is 0 Å². The highest BCUT2D eigenvalue weighted by Crippen LogP contribution is 2.39. The highest BCUT2D eigenvalue weighted by Gasteiger charge is 2.49. The lowest BCUT2D eigenvalue weighted by atomic mass is 10.1. The molecule has 2 heterocycles. The minimum atomic E-state index is -0.969. The quantitative estimate of drug-likeness (QED) is 0.536. The molecule has 0 saturated carbocycles. The number of aromatic nitrogens is 2. The van der Waals surface area contributed by atoms with E-state index in [1.165, 1.54) is 6.92 Å². The standard InChI is InChI=1S/C24H26ClN3O4/c1-18(29)27-21-7-9-22(10-8-21)30-15-23(2)16-31-24(32-23,28-14-13-26-17-28)12-11-19-3-5-20(25)6-4-19/h3-10,13-14,17H,11-12,15-16H2,1-2H3,(H,27,29)/t23-,24+/m1/s1. The van der Waals surface area contributed by atoms with E-state index in [0.717, 1.165) is 17.7 Å². The molecule has 2 aromatic carbocycles. The summed E-state index contributed by atoms with van der Waals surface area (Å²) < 4.78 is 20.6. The molecule has 0 unspecified atom stereocenters. The van der Waals surface area contributed by atoms with Crippen molar-refractivity contribution < 1.29 is 19.0 Å². The fourth-order valence-corrected chi connectivity index (χ4v) is 3.77. The van der Waals surface area contributed by atoms with Crippen LogP contribution in [-0.2, 0) is 26.6 Å². The fourth-order valence-electron chi connectivity index (χ4n) is 3.65. The molecular formula is C24H26ClN3O4. The Hall–Kier alpha value is -2.87. The van der Waals surface area contributed by atoms with Gasteiger partial charge in [0.25, 0.3) is 5.91 Å². The minimum absolute atomic E-state index is 0.114. The second-order valence-corrected chi connectivity index (χ2v) is 8.58. The van der Waals surface area contributed by atoms with Gasteiger partial charge in [-0.25, -0.2) is 4.98 Å². The molecule has 4 rings (SSSR count). The summed E-state index contributed by atoms with van der Waals surface area (Å²) in [4.78, 5) is 15.3. The number of anilines is 1. The van der Waals surface area contributed by atoms with E-state index in [1.807, 2.05) is 54.1 Å². The molecule has 8 heteroatoms. The van der Waals surface area contributed by atoms with Crippen molar-refractivity contribution in [1.82, 2.24) is 9.55 Å². The molecule has 1 aliphatic heterocycles. The molecule has 1 N–H and O–H groups in total. The molecule has 0 aliphatic carbocycles. The zero-order valence-electron chi connectivity index (χ0n) is 18.1. The van der Waals surface area contributed by atoms with E-state index in [-0.39, 0.29) is 5.91 Å². The summed E-state index contributed by atoms with van der Waals surface area (Å²) in [5, 5.41) is 3.45. The van der Waals surface area contributed by atoms with Crippen LogP contribution in [-0.4, -0.2) is 34.3 Å². The Labute approximate surface area is 192 Å². The van der Waals surface area contributed by atoms with Crippen molar-refractivity contribution in [3.63, 3.8) is 0 Å². The Balaban J connectivity index is 1.43. The molecule has 3 aromatic rings. The van der Waals surface area contributed by atoms with Crippen molar-refractivity contribution in [1.29, 1.82) is 0 Å². The fraction of sp³-hybridized carbons (Fsp3) is 0.333. The molecule has 0 radical (unpaired) electrons. The first-order valence-electron chi connectivity index (χ1n) is 10.4. The molecule has 1 aliphatic rings. The molecule has 32 heavy (non-hydrogen) atoms. The van der Waals surface area contributed by atoms with Gasteiger partial charge in [0.1, 0.15) is 18.0 Å². The third kappa shape index (κ3) is 5.30. The van der Waals surface area contributed by atoms with Gasteiger partial charge in [0.15, 0.2) is 0 Å². The number of hydrogen-bond acceptors (Lipinski definition) is 5. The maximum Gasteiger partial charge on any atom is 0.257 e. The zero-order valence-corrected chi connectivity index (χ0v) is 18.8. The number of amides is 1. The number of halogens is 1. The summed E-state index contributed by atoms with van der Waals surface area (Å²) in [5.41, 5.74) is 1.21. The van der Waals surface area contributed by atoms with Gasteiger partial charge in [-0.2, -0.15) is 0 Å². The number of ether oxygens (including phenoxy) is 3. The monoisotopic (exact) mass is 455 g/mol. The molecule has 0 spiro atoms. The van der Waals surface area contributed by atoms with Crippen LogP contribution >= 0.6 is 11.6 Å². The number of hydrogen-bond donors (Lipinski definition) is 1. The molecule has 7 nitrogen and oxygen atoms in total. The Morgan fingerprint density at radius 1 is 1.22 bits per heavy atom. The van der Waals surface area contributed by atoms with Gasteiger partial charge < -0.3 is 19.5 Å². The molecule has 0 bridgehead atoms. The maximum absolute atomic E-state index is 11.2. The molecule has 168 valence electrons. The zero-order chi connectivity index (χ0) is 22.6. The highest BCUT2D eigenvalue weighted by atomic mass is 35.5. The number of imidazole rings is 1. The van der Waals surface area contributed by atoms with Gasteiger partial charge in [0, 0.05) is 36.4 Å². The molecule has 1 aromatic heterocycles. The van der Waals surface area contributed by atoms with Crippen molar-refractivity contribution >= 4 is 23.2 Å². The lowest BCUT2D eigenvalue weighted by Gasteiger charge is -2.31. The Morgan fingerprint density at radius 2 is 1.97 bits per heavy atom. The van der Waals surface area contributed by atoms with Gasteiger partial charge in [-0.1, -0.05) is 23.7 Å². The predicted octanol–water partition coefficient (Wildman–Crippen LogP) is 4.62.